The molecule has 0 N–H and O–H groups in total. The molecule has 0 aromatic heterocycles. The van der Waals surface area contributed by atoms with Crippen LogP contribution in [0.5, 0.6) is 0 Å². The Morgan fingerprint density at radius 3 is 0.958 bits per heavy atom. The molecule has 1 heterocycles. The highest BCUT2D eigenvalue weighted by Crippen LogP contribution is 2.04. The first-order valence-electron chi connectivity index (χ1n) is 9.79. The van der Waals surface area contributed by atoms with Gasteiger partial charge >= 0.3 is 0 Å². The zero-order chi connectivity index (χ0) is 17.9. The minimum absolute atomic E-state index is 0.534. The van der Waals surface area contributed by atoms with Crippen LogP contribution in [0.1, 0.15) is 41.5 Å². The van der Waals surface area contributed by atoms with Crippen molar-refractivity contribution in [3.8, 4) is 0 Å². The lowest BCUT2D eigenvalue weighted by molar-refractivity contribution is 0.0531. The van der Waals surface area contributed by atoms with Crippen LogP contribution in [0.4, 0.5) is 0 Å². The van der Waals surface area contributed by atoms with E-state index in [2.05, 4.69) is 56.2 Å². The van der Waals surface area contributed by atoms with Gasteiger partial charge in [-0.15, -0.1) is 0 Å². The molecule has 0 spiro atoms. The van der Waals surface area contributed by atoms with Gasteiger partial charge in [0.1, 0.15) is 0 Å². The van der Waals surface area contributed by atoms with Crippen LogP contribution in [-0.4, -0.2) is 98.5 Å². The molecule has 1 fully saturated rings. The van der Waals surface area contributed by atoms with Crippen LogP contribution in [0, 0.1) is 0 Å². The maximum atomic E-state index is 5.91. The summed E-state index contributed by atoms with van der Waals surface area (Å²) in [5.74, 6) is 0. The van der Waals surface area contributed by atoms with Gasteiger partial charge in [0.25, 0.3) is 0 Å². The van der Waals surface area contributed by atoms with E-state index in [1.807, 2.05) is 0 Å². The van der Waals surface area contributed by atoms with Crippen LogP contribution < -0.4 is 0 Å². The number of hydrogen-bond acceptors (Lipinski definition) is 5. The van der Waals surface area contributed by atoms with E-state index in [0.717, 1.165) is 65.7 Å². The monoisotopic (exact) mass is 343 g/mol. The minimum atomic E-state index is 0.534. The molecule has 0 atom stereocenters. The van der Waals surface area contributed by atoms with Gasteiger partial charge in [-0.25, -0.2) is 0 Å². The molecule has 0 saturated carbocycles. The summed E-state index contributed by atoms with van der Waals surface area (Å²) in [5.41, 5.74) is 0. The minimum Gasteiger partial charge on any atom is -0.379 e. The van der Waals surface area contributed by atoms with Gasteiger partial charge in [0, 0.05) is 57.4 Å². The molecule has 1 saturated heterocycles. The molecule has 0 bridgehead atoms. The van der Waals surface area contributed by atoms with Crippen molar-refractivity contribution >= 4 is 0 Å². The highest BCUT2D eigenvalue weighted by molar-refractivity contribution is 4.70. The van der Waals surface area contributed by atoms with Gasteiger partial charge in [-0.1, -0.05) is 0 Å². The highest BCUT2D eigenvalue weighted by atomic mass is 16.5. The van der Waals surface area contributed by atoms with Crippen molar-refractivity contribution in [2.24, 2.45) is 0 Å². The summed E-state index contributed by atoms with van der Waals surface area (Å²) in [4.78, 5) is 7.49. The molecule has 24 heavy (non-hydrogen) atoms. The Hall–Kier alpha value is -0.200. The van der Waals surface area contributed by atoms with Crippen LogP contribution in [0.2, 0.25) is 0 Å². The maximum Gasteiger partial charge on any atom is 0.0594 e. The molecule has 0 unspecified atom stereocenters. The Morgan fingerprint density at radius 2 is 0.708 bits per heavy atom. The molecule has 144 valence electrons. The fourth-order valence-corrected chi connectivity index (χ4v) is 3.07. The lowest BCUT2D eigenvalue weighted by Crippen LogP contribution is -2.43. The first-order valence-corrected chi connectivity index (χ1v) is 9.79. The predicted molar refractivity (Wildman–Crippen MR) is 102 cm³/mol. The molecule has 0 radical (unpaired) electrons. The number of hydrogen-bond donors (Lipinski definition) is 0. The predicted octanol–water partition coefficient (Wildman–Crippen LogP) is 2.16. The summed E-state index contributed by atoms with van der Waals surface area (Å²) >= 11 is 0. The second kappa shape index (κ2) is 12.2. The second-order valence-corrected chi connectivity index (χ2v) is 7.61. The zero-order valence-corrected chi connectivity index (χ0v) is 17.0. The van der Waals surface area contributed by atoms with Gasteiger partial charge in [0.05, 0.1) is 26.4 Å². The van der Waals surface area contributed by atoms with Gasteiger partial charge in [-0.3, -0.25) is 14.7 Å². The van der Waals surface area contributed by atoms with E-state index < -0.39 is 0 Å². The Morgan fingerprint density at radius 1 is 0.458 bits per heavy atom. The normalized spacial score (nSPS) is 22.9. The summed E-state index contributed by atoms with van der Waals surface area (Å²) in [5, 5.41) is 0. The van der Waals surface area contributed by atoms with Gasteiger partial charge in [-0.2, -0.15) is 0 Å². The van der Waals surface area contributed by atoms with Crippen LogP contribution in [0.15, 0.2) is 0 Å². The largest absolute Gasteiger partial charge is 0.379 e. The summed E-state index contributed by atoms with van der Waals surface area (Å²) in [6.45, 7) is 23.0. The molecule has 0 aromatic rings. The van der Waals surface area contributed by atoms with Gasteiger partial charge < -0.3 is 9.47 Å². The molecule has 1 aliphatic heterocycles. The van der Waals surface area contributed by atoms with Crippen molar-refractivity contribution in [1.82, 2.24) is 14.7 Å². The molecule has 1 rings (SSSR count). The van der Waals surface area contributed by atoms with Crippen molar-refractivity contribution in [3.63, 3.8) is 0 Å². The topological polar surface area (TPSA) is 28.2 Å². The van der Waals surface area contributed by atoms with E-state index in [1.54, 1.807) is 0 Å². The SMILES string of the molecule is CC(C)N1CCOCCN(C(C)C)CCN(C(C)C)CCOCC1. The third-order valence-corrected chi connectivity index (χ3v) is 4.96. The second-order valence-electron chi connectivity index (χ2n) is 7.61. The van der Waals surface area contributed by atoms with Crippen molar-refractivity contribution < 1.29 is 9.47 Å². The summed E-state index contributed by atoms with van der Waals surface area (Å²) in [6, 6.07) is 1.65. The number of nitrogens with zero attached hydrogens (tertiary/aromatic N) is 3. The van der Waals surface area contributed by atoms with E-state index in [4.69, 9.17) is 9.47 Å². The third kappa shape index (κ3) is 8.77. The summed E-state index contributed by atoms with van der Waals surface area (Å²) < 4.78 is 11.8. The van der Waals surface area contributed by atoms with Gasteiger partial charge in [-0.05, 0) is 41.5 Å². The molecule has 5 heteroatoms. The zero-order valence-electron chi connectivity index (χ0n) is 17.0. The van der Waals surface area contributed by atoms with E-state index in [-0.39, 0.29) is 0 Å². The van der Waals surface area contributed by atoms with Crippen molar-refractivity contribution in [1.29, 1.82) is 0 Å². The third-order valence-electron chi connectivity index (χ3n) is 4.96. The Balaban J connectivity index is 2.61. The standard InChI is InChI=1S/C19H41N3O2/c1-17(2)20-7-8-21(18(3)4)10-14-24-16-12-22(19(5)6)11-15-23-13-9-20/h17-19H,7-16H2,1-6H3. The van der Waals surface area contributed by atoms with Crippen LogP contribution in [0.25, 0.3) is 0 Å². The first-order chi connectivity index (χ1) is 11.4. The molecule has 0 aliphatic carbocycles. The smallest absolute Gasteiger partial charge is 0.0594 e. The molecular formula is C19H41N3O2. The van der Waals surface area contributed by atoms with Crippen molar-refractivity contribution in [2.45, 2.75) is 59.7 Å². The number of rotatable bonds is 3. The van der Waals surface area contributed by atoms with Gasteiger partial charge in [0.15, 0.2) is 0 Å². The van der Waals surface area contributed by atoms with Gasteiger partial charge in [0.2, 0.25) is 0 Å². The fraction of sp³-hybridized carbons (Fsp3) is 1.00. The van der Waals surface area contributed by atoms with E-state index >= 15 is 0 Å². The Bertz CT molecular complexity index is 285. The lowest BCUT2D eigenvalue weighted by atomic mass is 10.2. The van der Waals surface area contributed by atoms with E-state index in [9.17, 15) is 0 Å². The first kappa shape index (κ1) is 21.8. The maximum absolute atomic E-state index is 5.91. The van der Waals surface area contributed by atoms with Crippen molar-refractivity contribution in [2.75, 3.05) is 65.7 Å². The highest BCUT2D eigenvalue weighted by Gasteiger charge is 2.15. The van der Waals surface area contributed by atoms with Crippen LogP contribution in [-0.2, 0) is 9.47 Å². The van der Waals surface area contributed by atoms with E-state index in [1.165, 1.54) is 0 Å². The Labute approximate surface area is 150 Å². The fourth-order valence-electron chi connectivity index (χ4n) is 3.07. The van der Waals surface area contributed by atoms with Crippen molar-refractivity contribution in [3.05, 3.63) is 0 Å². The average molecular weight is 344 g/mol. The molecule has 1 aliphatic rings. The average Bonchev–Trinajstić information content (AvgIpc) is 2.51. The molecule has 0 amide bonds. The van der Waals surface area contributed by atoms with E-state index in [0.29, 0.717) is 18.1 Å². The summed E-state index contributed by atoms with van der Waals surface area (Å²) in [7, 11) is 0. The molecule has 5 nitrogen and oxygen atoms in total. The number of ether oxygens (including phenoxy) is 2. The quantitative estimate of drug-likeness (QED) is 0.783. The van der Waals surface area contributed by atoms with Crippen LogP contribution >= 0.6 is 0 Å². The molecular weight excluding hydrogens is 302 g/mol. The van der Waals surface area contributed by atoms with Crippen LogP contribution in [0.3, 0.4) is 0 Å². The lowest BCUT2D eigenvalue weighted by Gasteiger charge is -2.32. The Kier molecular flexibility index (Phi) is 11.1. The summed E-state index contributed by atoms with van der Waals surface area (Å²) in [6.07, 6.45) is 0. The molecule has 0 aromatic carbocycles.